The van der Waals surface area contributed by atoms with Gasteiger partial charge in [0.05, 0.1) is 6.21 Å². The number of hydrazone groups is 1. The number of benzene rings is 3. The van der Waals surface area contributed by atoms with Gasteiger partial charge in [0.1, 0.15) is 5.75 Å². The van der Waals surface area contributed by atoms with Gasteiger partial charge in [-0.3, -0.25) is 9.59 Å². The minimum absolute atomic E-state index is 0.106. The fraction of sp³-hybridized carbons (Fsp3) is 0.0800. The predicted octanol–water partition coefficient (Wildman–Crippen LogP) is 4.45. The van der Waals surface area contributed by atoms with E-state index in [4.69, 9.17) is 0 Å². The second-order valence-electron chi connectivity index (χ2n) is 6.89. The number of phenols is 1. The molecule has 3 aromatic carbocycles. The van der Waals surface area contributed by atoms with Crippen molar-refractivity contribution in [3.8, 4) is 5.75 Å². The third-order valence-electron chi connectivity index (χ3n) is 4.68. The van der Waals surface area contributed by atoms with Gasteiger partial charge >= 0.3 is 0 Å². The SMILES string of the molecule is C=CCc1cccc(C=NNC(=O)c2ccc(NC(=O)c3ccccc3C)cc2)c1O. The van der Waals surface area contributed by atoms with Gasteiger partial charge < -0.3 is 10.4 Å². The third kappa shape index (κ3) is 5.45. The molecule has 0 aliphatic heterocycles. The lowest BCUT2D eigenvalue weighted by Crippen LogP contribution is -2.18. The summed E-state index contributed by atoms with van der Waals surface area (Å²) in [6.45, 7) is 5.54. The molecule has 6 nitrogen and oxygen atoms in total. The number of aromatic hydroxyl groups is 1. The van der Waals surface area contributed by atoms with Crippen LogP contribution in [0.4, 0.5) is 5.69 Å². The highest BCUT2D eigenvalue weighted by Gasteiger charge is 2.10. The lowest BCUT2D eigenvalue weighted by Gasteiger charge is -2.08. The van der Waals surface area contributed by atoms with Crippen molar-refractivity contribution in [3.05, 3.63) is 107 Å². The van der Waals surface area contributed by atoms with Crippen LogP contribution in [-0.2, 0) is 6.42 Å². The summed E-state index contributed by atoms with van der Waals surface area (Å²) >= 11 is 0. The molecule has 0 saturated heterocycles. The first-order valence-corrected chi connectivity index (χ1v) is 9.72. The van der Waals surface area contributed by atoms with Crippen molar-refractivity contribution in [1.29, 1.82) is 0 Å². The smallest absolute Gasteiger partial charge is 0.271 e. The van der Waals surface area contributed by atoms with Crippen molar-refractivity contribution in [3.63, 3.8) is 0 Å². The van der Waals surface area contributed by atoms with Gasteiger partial charge in [-0.15, -0.1) is 6.58 Å². The molecule has 3 aromatic rings. The van der Waals surface area contributed by atoms with Crippen molar-refractivity contribution in [1.82, 2.24) is 5.43 Å². The molecule has 6 heteroatoms. The normalized spacial score (nSPS) is 10.6. The maximum atomic E-state index is 12.4. The molecule has 0 saturated carbocycles. The fourth-order valence-corrected chi connectivity index (χ4v) is 2.99. The minimum atomic E-state index is -0.408. The van der Waals surface area contributed by atoms with Crippen LogP contribution in [0.1, 0.15) is 37.4 Å². The van der Waals surface area contributed by atoms with E-state index in [1.54, 1.807) is 54.6 Å². The first-order chi connectivity index (χ1) is 15.0. The number of aryl methyl sites for hydroxylation is 1. The Hall–Kier alpha value is -4.19. The summed E-state index contributed by atoms with van der Waals surface area (Å²) in [6, 6.07) is 19.1. The van der Waals surface area contributed by atoms with Gasteiger partial charge in [-0.1, -0.05) is 36.4 Å². The maximum Gasteiger partial charge on any atom is 0.271 e. The van der Waals surface area contributed by atoms with Gasteiger partial charge in [-0.2, -0.15) is 5.10 Å². The summed E-state index contributed by atoms with van der Waals surface area (Å²) in [5.74, 6) is -0.512. The van der Waals surface area contributed by atoms with Crippen LogP contribution in [0.2, 0.25) is 0 Å². The van der Waals surface area contributed by atoms with E-state index in [2.05, 4.69) is 22.4 Å². The molecule has 0 unspecified atom stereocenters. The number of para-hydroxylation sites is 1. The maximum absolute atomic E-state index is 12.4. The molecule has 0 spiro atoms. The van der Waals surface area contributed by atoms with E-state index in [0.717, 1.165) is 11.1 Å². The average molecular weight is 413 g/mol. The highest BCUT2D eigenvalue weighted by molar-refractivity contribution is 6.05. The van der Waals surface area contributed by atoms with Crippen LogP contribution in [0.25, 0.3) is 0 Å². The number of amides is 2. The van der Waals surface area contributed by atoms with E-state index < -0.39 is 5.91 Å². The number of anilines is 1. The Kier molecular flexibility index (Phi) is 6.96. The van der Waals surface area contributed by atoms with Crippen LogP contribution in [0.3, 0.4) is 0 Å². The zero-order chi connectivity index (χ0) is 22.2. The molecule has 0 bridgehead atoms. The molecule has 31 heavy (non-hydrogen) atoms. The summed E-state index contributed by atoms with van der Waals surface area (Å²) in [5, 5.41) is 17.0. The molecule has 2 amide bonds. The number of hydrogen-bond donors (Lipinski definition) is 3. The molecule has 3 rings (SSSR count). The van der Waals surface area contributed by atoms with Crippen LogP contribution in [-0.4, -0.2) is 23.1 Å². The summed E-state index contributed by atoms with van der Waals surface area (Å²) < 4.78 is 0. The number of phenolic OH excluding ortho intramolecular Hbond substituents is 1. The first kappa shape index (κ1) is 21.5. The van der Waals surface area contributed by atoms with E-state index in [1.807, 2.05) is 25.1 Å². The number of allylic oxidation sites excluding steroid dienone is 1. The van der Waals surface area contributed by atoms with E-state index >= 15 is 0 Å². The number of nitrogens with one attached hydrogen (secondary N) is 2. The Labute approximate surface area is 180 Å². The van der Waals surface area contributed by atoms with Crippen molar-refractivity contribution in [2.75, 3.05) is 5.32 Å². The monoisotopic (exact) mass is 413 g/mol. The van der Waals surface area contributed by atoms with Crippen LogP contribution in [0.15, 0.2) is 84.5 Å². The molecule has 3 N–H and O–H groups in total. The van der Waals surface area contributed by atoms with Crippen LogP contribution < -0.4 is 10.7 Å². The van der Waals surface area contributed by atoms with Gasteiger partial charge in [0.15, 0.2) is 0 Å². The second kappa shape index (κ2) is 10.0. The first-order valence-electron chi connectivity index (χ1n) is 9.72. The van der Waals surface area contributed by atoms with Gasteiger partial charge in [0.25, 0.3) is 11.8 Å². The van der Waals surface area contributed by atoms with Crippen LogP contribution in [0.5, 0.6) is 5.75 Å². The van der Waals surface area contributed by atoms with E-state index in [0.29, 0.717) is 28.8 Å². The summed E-state index contributed by atoms with van der Waals surface area (Å²) in [5.41, 5.74) is 6.10. The van der Waals surface area contributed by atoms with E-state index in [9.17, 15) is 14.7 Å². The molecule has 0 fully saturated rings. The summed E-state index contributed by atoms with van der Waals surface area (Å²) in [4.78, 5) is 24.7. The lowest BCUT2D eigenvalue weighted by molar-refractivity contribution is 0.0954. The van der Waals surface area contributed by atoms with Gasteiger partial charge in [-0.25, -0.2) is 5.43 Å². The molecule has 0 heterocycles. The molecule has 0 radical (unpaired) electrons. The minimum Gasteiger partial charge on any atom is -0.507 e. The van der Waals surface area contributed by atoms with Crippen molar-refractivity contribution in [2.45, 2.75) is 13.3 Å². The zero-order valence-electron chi connectivity index (χ0n) is 17.1. The Balaban J connectivity index is 1.61. The Bertz CT molecular complexity index is 1140. The molecule has 0 aliphatic rings. The van der Waals surface area contributed by atoms with Crippen molar-refractivity contribution >= 4 is 23.7 Å². The quantitative estimate of drug-likeness (QED) is 0.304. The largest absolute Gasteiger partial charge is 0.507 e. The topological polar surface area (TPSA) is 90.8 Å². The van der Waals surface area contributed by atoms with Crippen LogP contribution >= 0.6 is 0 Å². The third-order valence-corrected chi connectivity index (χ3v) is 4.68. The number of carbonyl (C=O) groups is 2. The molecule has 0 aliphatic carbocycles. The predicted molar refractivity (Wildman–Crippen MR) is 123 cm³/mol. The molecule has 0 atom stereocenters. The average Bonchev–Trinajstić information content (AvgIpc) is 2.77. The second-order valence-corrected chi connectivity index (χ2v) is 6.89. The van der Waals surface area contributed by atoms with E-state index in [-0.39, 0.29) is 11.7 Å². The summed E-state index contributed by atoms with van der Waals surface area (Å²) in [6.07, 6.45) is 3.62. The standard InChI is InChI=1S/C25H23N3O3/c1-3-7-18-9-6-10-20(23(18)29)16-26-28-24(30)19-12-14-21(15-13-19)27-25(31)22-11-5-4-8-17(22)2/h3-6,8-16,29H,1,7H2,2H3,(H,27,31)(H,28,30). The van der Waals surface area contributed by atoms with Crippen molar-refractivity contribution < 1.29 is 14.7 Å². The highest BCUT2D eigenvalue weighted by Crippen LogP contribution is 2.21. The molecular weight excluding hydrogens is 390 g/mol. The number of rotatable bonds is 7. The fourth-order valence-electron chi connectivity index (χ4n) is 2.99. The highest BCUT2D eigenvalue weighted by atomic mass is 16.3. The molecular formula is C25H23N3O3. The van der Waals surface area contributed by atoms with E-state index in [1.165, 1.54) is 6.21 Å². The molecule has 156 valence electrons. The van der Waals surface area contributed by atoms with Gasteiger partial charge in [-0.05, 0) is 60.9 Å². The van der Waals surface area contributed by atoms with Gasteiger partial charge in [0, 0.05) is 22.4 Å². The van der Waals surface area contributed by atoms with Crippen LogP contribution in [0, 0.1) is 6.92 Å². The number of nitrogens with zero attached hydrogens (tertiary/aromatic N) is 1. The lowest BCUT2D eigenvalue weighted by atomic mass is 10.1. The van der Waals surface area contributed by atoms with Gasteiger partial charge in [0.2, 0.25) is 0 Å². The Morgan fingerprint density at radius 2 is 1.74 bits per heavy atom. The summed E-state index contributed by atoms with van der Waals surface area (Å²) in [7, 11) is 0. The number of carbonyl (C=O) groups excluding carboxylic acids is 2. The zero-order valence-corrected chi connectivity index (χ0v) is 17.1. The Morgan fingerprint density at radius 1 is 1.00 bits per heavy atom. The van der Waals surface area contributed by atoms with Crippen molar-refractivity contribution in [2.24, 2.45) is 5.10 Å². The Morgan fingerprint density at radius 3 is 2.45 bits per heavy atom. The molecule has 0 aromatic heterocycles. The number of hydrogen-bond acceptors (Lipinski definition) is 4.